The van der Waals surface area contributed by atoms with E-state index in [1.54, 1.807) is 31.2 Å². The minimum absolute atomic E-state index is 0.00416. The molecule has 1 atom stereocenters. The maximum absolute atomic E-state index is 13.5. The molecule has 1 aromatic heterocycles. The lowest BCUT2D eigenvalue weighted by Gasteiger charge is -2.22. The number of aromatic nitrogens is 1. The average molecular weight is 600 g/mol. The molecule has 1 fully saturated rings. The third-order valence-electron chi connectivity index (χ3n) is 6.99. The molecule has 1 unspecified atom stereocenters. The number of carbonyl (C=O) groups is 3. The number of nitrogens with zero attached hydrogens (tertiary/aromatic N) is 3. The number of benzene rings is 3. The van der Waals surface area contributed by atoms with Crippen molar-refractivity contribution in [1.82, 2.24) is 4.98 Å². The number of hydrogen-bond donors (Lipinski definition) is 1. The van der Waals surface area contributed by atoms with Gasteiger partial charge in [0.05, 0.1) is 29.3 Å². The fourth-order valence-corrected chi connectivity index (χ4v) is 5.73. The van der Waals surface area contributed by atoms with E-state index in [2.05, 4.69) is 4.98 Å². The Labute approximate surface area is 249 Å². The number of methoxy groups -OCH3 is 1. The molecule has 5 rings (SSSR count). The molecule has 1 aliphatic rings. The first-order chi connectivity index (χ1) is 20.6. The largest absolute Gasteiger partial charge is 0.507 e. The maximum Gasteiger partial charge on any atom is 0.350 e. The van der Waals surface area contributed by atoms with Crippen LogP contribution in [0.5, 0.6) is 5.75 Å². The lowest BCUT2D eigenvalue weighted by atomic mass is 9.95. The van der Waals surface area contributed by atoms with Gasteiger partial charge in [-0.15, -0.1) is 0 Å². The molecule has 4 aromatic rings. The maximum atomic E-state index is 13.5. The summed E-state index contributed by atoms with van der Waals surface area (Å²) in [7, 11) is 1.20. The SMILES string of the molecule is COC(=O)c1sc(N2C(=O)C(=O)/C(=C(/O)c3ccc(OCc4ccccc4C)cc3)C2c2cccc([N+](=O)[O-])c2)nc1C. The van der Waals surface area contributed by atoms with Gasteiger partial charge in [0.25, 0.3) is 11.5 Å². The second-order valence-electron chi connectivity index (χ2n) is 9.66. The molecule has 12 heteroatoms. The number of aliphatic hydroxyl groups excluding tert-OH is 1. The first-order valence-electron chi connectivity index (χ1n) is 13.0. The molecule has 1 N–H and O–H groups in total. The number of nitro groups is 1. The van der Waals surface area contributed by atoms with Crippen LogP contribution in [0.1, 0.15) is 43.7 Å². The van der Waals surface area contributed by atoms with Crippen LogP contribution < -0.4 is 9.64 Å². The van der Waals surface area contributed by atoms with Crippen LogP contribution in [0.25, 0.3) is 5.76 Å². The minimum atomic E-state index is -1.27. The quantitative estimate of drug-likeness (QED) is 0.0676. The summed E-state index contributed by atoms with van der Waals surface area (Å²) in [6.45, 7) is 3.86. The van der Waals surface area contributed by atoms with Gasteiger partial charge in [0.1, 0.15) is 23.0 Å². The van der Waals surface area contributed by atoms with Gasteiger partial charge in [-0.05, 0) is 54.8 Å². The Kier molecular flexibility index (Phi) is 8.04. The van der Waals surface area contributed by atoms with E-state index in [1.807, 2.05) is 31.2 Å². The molecule has 11 nitrogen and oxygen atoms in total. The highest BCUT2D eigenvalue weighted by Crippen LogP contribution is 2.44. The molecular formula is C31H25N3O8S. The van der Waals surface area contributed by atoms with Crippen LogP contribution in [0.4, 0.5) is 10.8 Å². The first kappa shape index (κ1) is 29.1. The Morgan fingerprint density at radius 1 is 1.07 bits per heavy atom. The smallest absolute Gasteiger partial charge is 0.350 e. The van der Waals surface area contributed by atoms with Gasteiger partial charge in [-0.2, -0.15) is 0 Å². The van der Waals surface area contributed by atoms with Gasteiger partial charge in [0, 0.05) is 17.7 Å². The molecule has 0 bridgehead atoms. The Morgan fingerprint density at radius 3 is 2.47 bits per heavy atom. The summed E-state index contributed by atoms with van der Waals surface area (Å²) >= 11 is 0.833. The summed E-state index contributed by atoms with van der Waals surface area (Å²) in [5, 5.41) is 23.0. The van der Waals surface area contributed by atoms with Gasteiger partial charge in [0.15, 0.2) is 5.13 Å². The molecule has 1 aliphatic heterocycles. The van der Waals surface area contributed by atoms with Gasteiger partial charge in [0.2, 0.25) is 0 Å². The zero-order chi connectivity index (χ0) is 30.8. The lowest BCUT2D eigenvalue weighted by Crippen LogP contribution is -2.29. The summed E-state index contributed by atoms with van der Waals surface area (Å²) in [6.07, 6.45) is 0. The predicted octanol–water partition coefficient (Wildman–Crippen LogP) is 5.66. The molecule has 218 valence electrons. The summed E-state index contributed by atoms with van der Waals surface area (Å²) in [5.74, 6) is -2.66. The Balaban J connectivity index is 1.57. The summed E-state index contributed by atoms with van der Waals surface area (Å²) < 4.78 is 10.7. The summed E-state index contributed by atoms with van der Waals surface area (Å²) in [4.78, 5) is 55.6. The third kappa shape index (κ3) is 5.60. The molecule has 0 saturated carbocycles. The number of ketones is 1. The number of aliphatic hydroxyl groups is 1. The zero-order valence-corrected chi connectivity index (χ0v) is 24.1. The molecule has 1 saturated heterocycles. The molecule has 2 heterocycles. The molecule has 0 radical (unpaired) electrons. The standard InChI is InChI=1S/C31H25N3O8S/c1-17-7-4-5-8-21(17)16-42-23-13-11-19(12-14-23)26(35)24-25(20-9-6-10-22(15-20)34(39)40)33(29(37)27(24)36)31-32-18(2)28(43-31)30(38)41-3/h4-15,25,35H,16H2,1-3H3/b26-24+. The number of carbonyl (C=O) groups excluding carboxylic acids is 3. The second-order valence-corrected chi connectivity index (χ2v) is 10.6. The number of non-ortho nitro benzene ring substituents is 1. The average Bonchev–Trinajstić information content (AvgIpc) is 3.52. The van der Waals surface area contributed by atoms with Crippen LogP contribution in [-0.2, 0) is 20.9 Å². The topological polar surface area (TPSA) is 149 Å². The normalized spacial score (nSPS) is 15.9. The Bertz CT molecular complexity index is 1790. The number of esters is 1. The third-order valence-corrected chi connectivity index (χ3v) is 8.12. The van der Waals surface area contributed by atoms with E-state index in [-0.39, 0.29) is 38.1 Å². The molecule has 1 amide bonds. The fourth-order valence-electron chi connectivity index (χ4n) is 4.72. The number of Topliss-reactive ketones (excluding diaryl/α,β-unsaturated/α-hetero) is 1. The van der Waals surface area contributed by atoms with Crippen LogP contribution >= 0.6 is 11.3 Å². The van der Waals surface area contributed by atoms with E-state index in [9.17, 15) is 29.6 Å². The lowest BCUT2D eigenvalue weighted by molar-refractivity contribution is -0.384. The van der Waals surface area contributed by atoms with Crippen molar-refractivity contribution in [3.05, 3.63) is 121 Å². The highest BCUT2D eigenvalue weighted by molar-refractivity contribution is 7.17. The monoisotopic (exact) mass is 599 g/mol. The van der Waals surface area contributed by atoms with E-state index in [0.29, 0.717) is 12.4 Å². The van der Waals surface area contributed by atoms with E-state index in [1.165, 1.54) is 31.4 Å². The van der Waals surface area contributed by atoms with Crippen molar-refractivity contribution in [2.75, 3.05) is 12.0 Å². The van der Waals surface area contributed by atoms with Crippen LogP contribution in [0, 0.1) is 24.0 Å². The molecular weight excluding hydrogens is 574 g/mol. The van der Waals surface area contributed by atoms with E-state index >= 15 is 0 Å². The Morgan fingerprint density at radius 2 is 1.79 bits per heavy atom. The van der Waals surface area contributed by atoms with Crippen LogP contribution in [0.2, 0.25) is 0 Å². The predicted molar refractivity (Wildman–Crippen MR) is 158 cm³/mol. The number of anilines is 1. The van der Waals surface area contributed by atoms with E-state index < -0.39 is 34.4 Å². The second kappa shape index (κ2) is 11.9. The van der Waals surface area contributed by atoms with Crippen LogP contribution in [0.3, 0.4) is 0 Å². The number of rotatable bonds is 8. The van der Waals surface area contributed by atoms with Crippen LogP contribution in [0.15, 0.2) is 78.4 Å². The number of aryl methyl sites for hydroxylation is 2. The molecule has 3 aromatic carbocycles. The van der Waals surface area contributed by atoms with Crippen molar-refractivity contribution < 1.29 is 33.9 Å². The van der Waals surface area contributed by atoms with Gasteiger partial charge in [-0.1, -0.05) is 47.7 Å². The van der Waals surface area contributed by atoms with Crippen molar-refractivity contribution >= 4 is 45.6 Å². The van der Waals surface area contributed by atoms with Crippen molar-refractivity contribution in [1.29, 1.82) is 0 Å². The highest BCUT2D eigenvalue weighted by atomic mass is 32.1. The van der Waals surface area contributed by atoms with Crippen molar-refractivity contribution in [3.8, 4) is 5.75 Å². The fraction of sp³-hybridized carbons (Fsp3) is 0.161. The number of nitro benzene ring substituents is 1. The van der Waals surface area contributed by atoms with Gasteiger partial charge < -0.3 is 14.6 Å². The summed E-state index contributed by atoms with van der Waals surface area (Å²) in [5.41, 5.74) is 2.22. The number of ether oxygens (including phenoxy) is 2. The highest BCUT2D eigenvalue weighted by Gasteiger charge is 2.48. The van der Waals surface area contributed by atoms with E-state index in [0.717, 1.165) is 27.4 Å². The number of amides is 1. The zero-order valence-electron chi connectivity index (χ0n) is 23.3. The van der Waals surface area contributed by atoms with Gasteiger partial charge in [-0.25, -0.2) is 9.78 Å². The van der Waals surface area contributed by atoms with Crippen molar-refractivity contribution in [2.24, 2.45) is 0 Å². The number of hydrogen-bond acceptors (Lipinski definition) is 10. The van der Waals surface area contributed by atoms with Gasteiger partial charge in [-0.3, -0.25) is 24.6 Å². The van der Waals surface area contributed by atoms with Gasteiger partial charge >= 0.3 is 11.9 Å². The molecule has 43 heavy (non-hydrogen) atoms. The summed E-state index contributed by atoms with van der Waals surface area (Å²) in [6, 6.07) is 18.3. The Hall–Kier alpha value is -5.36. The van der Waals surface area contributed by atoms with Crippen LogP contribution in [-0.4, -0.2) is 39.8 Å². The molecule has 0 spiro atoms. The van der Waals surface area contributed by atoms with Crippen molar-refractivity contribution in [3.63, 3.8) is 0 Å². The molecule has 0 aliphatic carbocycles. The first-order valence-corrected chi connectivity index (χ1v) is 13.8. The number of thiazole rings is 1. The van der Waals surface area contributed by atoms with E-state index in [4.69, 9.17) is 9.47 Å². The van der Waals surface area contributed by atoms with Crippen molar-refractivity contribution in [2.45, 2.75) is 26.5 Å². The minimum Gasteiger partial charge on any atom is -0.507 e.